The number of rotatable bonds is 3. The van der Waals surface area contributed by atoms with Gasteiger partial charge in [-0.05, 0) is 31.0 Å². The van der Waals surface area contributed by atoms with E-state index in [1.54, 1.807) is 0 Å². The topological polar surface area (TPSA) is 88.0 Å². The van der Waals surface area contributed by atoms with Crippen LogP contribution in [0.1, 0.15) is 17.5 Å². The van der Waals surface area contributed by atoms with E-state index < -0.39 is 18.0 Å². The lowest BCUT2D eigenvalue weighted by Gasteiger charge is -2.12. The average Bonchev–Trinajstić information content (AvgIpc) is 2.83. The normalized spacial score (nSPS) is 17.6. The first-order chi connectivity index (χ1) is 8.97. The molecule has 0 spiro atoms. The Morgan fingerprint density at radius 3 is 2.79 bits per heavy atom. The highest BCUT2D eigenvalue weighted by Gasteiger charge is 2.31. The Balaban J connectivity index is 2.03. The molecule has 19 heavy (non-hydrogen) atoms. The van der Waals surface area contributed by atoms with Crippen molar-refractivity contribution in [3.8, 4) is 0 Å². The second-order valence-corrected chi connectivity index (χ2v) is 4.45. The number of amides is 1. The summed E-state index contributed by atoms with van der Waals surface area (Å²) in [6.45, 7) is 3.80. The van der Waals surface area contributed by atoms with E-state index in [0.717, 1.165) is 11.1 Å². The summed E-state index contributed by atoms with van der Waals surface area (Å²) in [6.07, 6.45) is -0.905. The third-order valence-corrected chi connectivity index (χ3v) is 2.86. The minimum atomic E-state index is -1.16. The number of hydrogen-bond donors (Lipinski definition) is 2. The molecule has 0 bridgehead atoms. The number of anilines is 1. The highest BCUT2D eigenvalue weighted by molar-refractivity contribution is 6.36. The van der Waals surface area contributed by atoms with E-state index in [2.05, 4.69) is 10.5 Å². The van der Waals surface area contributed by atoms with Crippen molar-refractivity contribution in [2.75, 3.05) is 5.32 Å². The van der Waals surface area contributed by atoms with Crippen LogP contribution in [0.4, 0.5) is 5.69 Å². The monoisotopic (exact) mass is 262 g/mol. The molecule has 0 saturated carbocycles. The van der Waals surface area contributed by atoms with Gasteiger partial charge in [0.2, 0.25) is 6.10 Å². The summed E-state index contributed by atoms with van der Waals surface area (Å²) in [5, 5.41) is 14.8. The van der Waals surface area contributed by atoms with Gasteiger partial charge in [0.25, 0.3) is 5.91 Å². The lowest BCUT2D eigenvalue weighted by Crippen LogP contribution is -2.29. The first kappa shape index (κ1) is 13.1. The summed E-state index contributed by atoms with van der Waals surface area (Å²) in [4.78, 5) is 27.5. The number of aliphatic carboxylic acids is 1. The Labute approximate surface area is 110 Å². The second kappa shape index (κ2) is 5.09. The van der Waals surface area contributed by atoms with Gasteiger partial charge in [-0.25, -0.2) is 4.79 Å². The highest BCUT2D eigenvalue weighted by atomic mass is 16.6. The Morgan fingerprint density at radius 1 is 1.42 bits per heavy atom. The SMILES string of the molecule is Cc1ccc(C)c(NC(=O)C2CC(C(=O)O)=NO2)c1. The van der Waals surface area contributed by atoms with Gasteiger partial charge in [-0.15, -0.1) is 0 Å². The van der Waals surface area contributed by atoms with Gasteiger partial charge in [-0.3, -0.25) is 4.79 Å². The Morgan fingerprint density at radius 2 is 2.16 bits per heavy atom. The lowest BCUT2D eigenvalue weighted by atomic mass is 10.1. The summed E-state index contributed by atoms with van der Waals surface area (Å²) in [6, 6.07) is 5.70. The summed E-state index contributed by atoms with van der Waals surface area (Å²) >= 11 is 0. The maximum Gasteiger partial charge on any atom is 0.353 e. The Kier molecular flexibility index (Phi) is 3.50. The minimum absolute atomic E-state index is 0.0218. The molecule has 100 valence electrons. The molecule has 1 aromatic carbocycles. The van der Waals surface area contributed by atoms with Crippen LogP contribution in [-0.4, -0.2) is 28.8 Å². The van der Waals surface area contributed by atoms with Crippen LogP contribution in [-0.2, 0) is 14.4 Å². The number of carbonyl (C=O) groups is 2. The fourth-order valence-electron chi connectivity index (χ4n) is 1.73. The first-order valence-corrected chi connectivity index (χ1v) is 5.81. The Hall–Kier alpha value is -2.37. The van der Waals surface area contributed by atoms with Crippen LogP contribution < -0.4 is 5.32 Å². The molecule has 1 amide bonds. The van der Waals surface area contributed by atoms with Gasteiger partial charge in [0.1, 0.15) is 0 Å². The van der Waals surface area contributed by atoms with E-state index in [0.29, 0.717) is 5.69 Å². The number of oxime groups is 1. The third kappa shape index (κ3) is 2.90. The van der Waals surface area contributed by atoms with Crippen LogP contribution in [0.2, 0.25) is 0 Å². The molecule has 1 aromatic rings. The first-order valence-electron chi connectivity index (χ1n) is 5.81. The van der Waals surface area contributed by atoms with Gasteiger partial charge in [-0.2, -0.15) is 0 Å². The number of hydrogen-bond acceptors (Lipinski definition) is 4. The van der Waals surface area contributed by atoms with Crippen LogP contribution in [0, 0.1) is 13.8 Å². The molecule has 2 rings (SSSR count). The predicted octanol–water partition coefficient (Wildman–Crippen LogP) is 1.47. The molecule has 6 heteroatoms. The molecular weight excluding hydrogens is 248 g/mol. The van der Waals surface area contributed by atoms with Crippen molar-refractivity contribution in [2.45, 2.75) is 26.4 Å². The molecule has 1 atom stereocenters. The number of nitrogens with one attached hydrogen (secondary N) is 1. The van der Waals surface area contributed by atoms with Crippen LogP contribution in [0.3, 0.4) is 0 Å². The average molecular weight is 262 g/mol. The number of aryl methyl sites for hydroxylation is 2. The van der Waals surface area contributed by atoms with Crippen LogP contribution in [0.15, 0.2) is 23.4 Å². The predicted molar refractivity (Wildman–Crippen MR) is 69.1 cm³/mol. The van der Waals surface area contributed by atoms with E-state index in [-0.39, 0.29) is 12.1 Å². The fraction of sp³-hybridized carbons (Fsp3) is 0.308. The molecule has 1 aliphatic heterocycles. The molecular formula is C13H14N2O4. The molecule has 2 N–H and O–H groups in total. The fourth-order valence-corrected chi connectivity index (χ4v) is 1.73. The van der Waals surface area contributed by atoms with Crippen molar-refractivity contribution in [1.82, 2.24) is 0 Å². The van der Waals surface area contributed by atoms with E-state index in [9.17, 15) is 9.59 Å². The van der Waals surface area contributed by atoms with Gasteiger partial charge in [0.15, 0.2) is 5.71 Å². The summed E-state index contributed by atoms with van der Waals surface area (Å²) < 4.78 is 0. The zero-order valence-electron chi connectivity index (χ0n) is 10.6. The lowest BCUT2D eigenvalue weighted by molar-refractivity contribution is -0.129. The number of carbonyl (C=O) groups excluding carboxylic acids is 1. The smallest absolute Gasteiger partial charge is 0.353 e. The van der Waals surface area contributed by atoms with Crippen molar-refractivity contribution in [1.29, 1.82) is 0 Å². The molecule has 6 nitrogen and oxygen atoms in total. The van der Waals surface area contributed by atoms with Crippen molar-refractivity contribution < 1.29 is 19.5 Å². The van der Waals surface area contributed by atoms with Crippen molar-refractivity contribution in [3.05, 3.63) is 29.3 Å². The maximum absolute atomic E-state index is 11.9. The van der Waals surface area contributed by atoms with Crippen molar-refractivity contribution in [3.63, 3.8) is 0 Å². The van der Waals surface area contributed by atoms with E-state index in [4.69, 9.17) is 9.94 Å². The number of carboxylic acid groups (broad SMARTS) is 1. The van der Waals surface area contributed by atoms with E-state index in [1.165, 1.54) is 0 Å². The molecule has 0 aromatic heterocycles. The van der Waals surface area contributed by atoms with Gasteiger partial charge in [-0.1, -0.05) is 17.3 Å². The van der Waals surface area contributed by atoms with E-state index >= 15 is 0 Å². The molecule has 0 aliphatic carbocycles. The van der Waals surface area contributed by atoms with Crippen LogP contribution in [0.25, 0.3) is 0 Å². The van der Waals surface area contributed by atoms with E-state index in [1.807, 2.05) is 32.0 Å². The van der Waals surface area contributed by atoms with Crippen molar-refractivity contribution >= 4 is 23.3 Å². The molecule has 0 radical (unpaired) electrons. The Bertz CT molecular complexity index is 566. The number of benzene rings is 1. The quantitative estimate of drug-likeness (QED) is 0.863. The number of nitrogens with zero attached hydrogens (tertiary/aromatic N) is 1. The molecule has 0 fully saturated rings. The molecule has 1 aliphatic rings. The highest BCUT2D eigenvalue weighted by Crippen LogP contribution is 2.19. The van der Waals surface area contributed by atoms with Crippen LogP contribution >= 0.6 is 0 Å². The minimum Gasteiger partial charge on any atom is -0.477 e. The van der Waals surface area contributed by atoms with Gasteiger partial charge >= 0.3 is 5.97 Å². The van der Waals surface area contributed by atoms with Gasteiger partial charge < -0.3 is 15.3 Å². The molecule has 1 unspecified atom stereocenters. The maximum atomic E-state index is 11.9. The molecule has 1 heterocycles. The van der Waals surface area contributed by atoms with Crippen molar-refractivity contribution in [2.24, 2.45) is 5.16 Å². The summed E-state index contributed by atoms with van der Waals surface area (Å²) in [7, 11) is 0. The number of carboxylic acids is 1. The van der Waals surface area contributed by atoms with Crippen LogP contribution in [0.5, 0.6) is 0 Å². The molecule has 0 saturated heterocycles. The largest absolute Gasteiger partial charge is 0.477 e. The zero-order valence-corrected chi connectivity index (χ0v) is 10.6. The van der Waals surface area contributed by atoms with Gasteiger partial charge in [0, 0.05) is 12.1 Å². The zero-order chi connectivity index (χ0) is 14.0. The van der Waals surface area contributed by atoms with Gasteiger partial charge in [0.05, 0.1) is 0 Å². The third-order valence-electron chi connectivity index (χ3n) is 2.86. The second-order valence-electron chi connectivity index (χ2n) is 4.45. The standard InChI is InChI=1S/C13H14N2O4/c1-7-3-4-8(2)9(5-7)14-12(16)11-6-10(13(17)18)15-19-11/h3-5,11H,6H2,1-2H3,(H,14,16)(H,17,18). The summed E-state index contributed by atoms with van der Waals surface area (Å²) in [5.41, 5.74) is 2.51. The summed E-state index contributed by atoms with van der Waals surface area (Å²) in [5.74, 6) is -1.56.